The predicted octanol–water partition coefficient (Wildman–Crippen LogP) is 4.08. The minimum atomic E-state index is 0.648. The van der Waals surface area contributed by atoms with E-state index in [0.717, 1.165) is 5.25 Å². The number of halogens is 1. The minimum absolute atomic E-state index is 0.648. The van der Waals surface area contributed by atoms with Gasteiger partial charge in [-0.3, -0.25) is 0 Å². The van der Waals surface area contributed by atoms with Crippen LogP contribution in [0.25, 0.3) is 0 Å². The molecular formula is C10H19BrS. The molecule has 2 heteroatoms. The molecule has 0 spiro atoms. The molecule has 72 valence electrons. The van der Waals surface area contributed by atoms with Crippen molar-refractivity contribution in [3.05, 3.63) is 0 Å². The van der Waals surface area contributed by atoms with Crippen LogP contribution in [-0.4, -0.2) is 16.3 Å². The Balaban J connectivity index is 2.34. The van der Waals surface area contributed by atoms with Gasteiger partial charge in [0.1, 0.15) is 0 Å². The third-order valence-electron chi connectivity index (χ3n) is 2.67. The topological polar surface area (TPSA) is 0 Å². The Morgan fingerprint density at radius 1 is 1.33 bits per heavy atom. The van der Waals surface area contributed by atoms with E-state index in [9.17, 15) is 0 Å². The number of alkyl halides is 1. The van der Waals surface area contributed by atoms with Crippen molar-refractivity contribution < 1.29 is 0 Å². The lowest BCUT2D eigenvalue weighted by Gasteiger charge is -2.26. The molecule has 0 saturated heterocycles. The van der Waals surface area contributed by atoms with E-state index >= 15 is 0 Å². The molecule has 0 bridgehead atoms. The summed E-state index contributed by atoms with van der Waals surface area (Å²) < 4.78 is 0. The summed E-state index contributed by atoms with van der Waals surface area (Å²) in [5.74, 6) is 1.36. The van der Waals surface area contributed by atoms with Crippen LogP contribution in [0.15, 0.2) is 0 Å². The SMILES string of the molecule is CC(C)SCC1(CBr)CCCC1. The molecule has 0 radical (unpaired) electrons. The van der Waals surface area contributed by atoms with E-state index < -0.39 is 0 Å². The van der Waals surface area contributed by atoms with Gasteiger partial charge in [0.05, 0.1) is 0 Å². The highest BCUT2D eigenvalue weighted by Crippen LogP contribution is 2.42. The van der Waals surface area contributed by atoms with Crippen LogP contribution in [0.1, 0.15) is 39.5 Å². The third kappa shape index (κ3) is 2.95. The summed E-state index contributed by atoms with van der Waals surface area (Å²) in [6.07, 6.45) is 5.78. The van der Waals surface area contributed by atoms with Crippen molar-refractivity contribution in [2.75, 3.05) is 11.1 Å². The largest absolute Gasteiger partial charge is 0.159 e. The second kappa shape index (κ2) is 4.90. The minimum Gasteiger partial charge on any atom is -0.159 e. The van der Waals surface area contributed by atoms with Crippen LogP contribution in [-0.2, 0) is 0 Å². The quantitative estimate of drug-likeness (QED) is 0.678. The van der Waals surface area contributed by atoms with Crippen molar-refractivity contribution >= 4 is 27.7 Å². The average Bonchev–Trinajstić information content (AvgIpc) is 2.50. The van der Waals surface area contributed by atoms with Crippen LogP contribution in [0.4, 0.5) is 0 Å². The molecule has 0 N–H and O–H groups in total. The van der Waals surface area contributed by atoms with Gasteiger partial charge in [-0.05, 0) is 29.3 Å². The van der Waals surface area contributed by atoms with Crippen molar-refractivity contribution in [3.63, 3.8) is 0 Å². The van der Waals surface area contributed by atoms with E-state index in [4.69, 9.17) is 0 Å². The van der Waals surface area contributed by atoms with E-state index in [1.165, 1.54) is 36.8 Å². The highest BCUT2D eigenvalue weighted by molar-refractivity contribution is 9.09. The summed E-state index contributed by atoms with van der Waals surface area (Å²) >= 11 is 5.79. The fraction of sp³-hybridized carbons (Fsp3) is 1.00. The summed E-state index contributed by atoms with van der Waals surface area (Å²) in [7, 11) is 0. The zero-order valence-electron chi connectivity index (χ0n) is 8.11. The molecule has 0 aliphatic heterocycles. The fourth-order valence-corrected chi connectivity index (χ4v) is 3.88. The predicted molar refractivity (Wildman–Crippen MR) is 62.3 cm³/mol. The zero-order valence-corrected chi connectivity index (χ0v) is 10.5. The van der Waals surface area contributed by atoms with Gasteiger partial charge in [0.2, 0.25) is 0 Å². The third-order valence-corrected chi connectivity index (χ3v) is 5.31. The molecule has 0 heterocycles. The molecule has 0 aromatic carbocycles. The van der Waals surface area contributed by atoms with Gasteiger partial charge in [0.15, 0.2) is 0 Å². The Kier molecular flexibility index (Phi) is 4.45. The lowest BCUT2D eigenvalue weighted by atomic mass is 9.92. The molecule has 1 saturated carbocycles. The van der Waals surface area contributed by atoms with Gasteiger partial charge < -0.3 is 0 Å². The molecule has 0 aromatic rings. The molecule has 12 heavy (non-hydrogen) atoms. The first-order valence-corrected chi connectivity index (χ1v) is 7.03. The molecule has 1 fully saturated rings. The highest BCUT2D eigenvalue weighted by Gasteiger charge is 2.32. The van der Waals surface area contributed by atoms with Crippen LogP contribution in [0, 0.1) is 5.41 Å². The van der Waals surface area contributed by atoms with Gasteiger partial charge >= 0.3 is 0 Å². The lowest BCUT2D eigenvalue weighted by Crippen LogP contribution is -2.22. The van der Waals surface area contributed by atoms with Gasteiger partial charge in [0.25, 0.3) is 0 Å². The van der Waals surface area contributed by atoms with E-state index in [2.05, 4.69) is 41.5 Å². The first-order chi connectivity index (χ1) is 5.68. The maximum Gasteiger partial charge on any atom is 0.00958 e. The molecule has 1 rings (SSSR count). The Bertz CT molecular complexity index is 128. The second-order valence-corrected chi connectivity index (χ2v) is 6.33. The van der Waals surface area contributed by atoms with Gasteiger partial charge in [-0.25, -0.2) is 0 Å². The number of hydrogen-bond acceptors (Lipinski definition) is 1. The normalized spacial score (nSPS) is 22.0. The highest BCUT2D eigenvalue weighted by atomic mass is 79.9. The smallest absolute Gasteiger partial charge is 0.00958 e. The first kappa shape index (κ1) is 10.9. The van der Waals surface area contributed by atoms with E-state index in [-0.39, 0.29) is 0 Å². The fourth-order valence-electron chi connectivity index (χ4n) is 1.78. The summed E-state index contributed by atoms with van der Waals surface area (Å²) in [6.45, 7) is 4.59. The van der Waals surface area contributed by atoms with Gasteiger partial charge in [0, 0.05) is 5.33 Å². The average molecular weight is 251 g/mol. The number of thioether (sulfide) groups is 1. The number of rotatable bonds is 4. The molecule has 0 nitrogen and oxygen atoms in total. The van der Waals surface area contributed by atoms with E-state index in [1.54, 1.807) is 0 Å². The standard InChI is InChI=1S/C10H19BrS/c1-9(2)12-8-10(7-11)5-3-4-6-10/h9H,3-8H2,1-2H3. The summed E-state index contributed by atoms with van der Waals surface area (Å²) in [5.41, 5.74) is 0.648. The van der Waals surface area contributed by atoms with Gasteiger partial charge in [-0.1, -0.05) is 42.6 Å². The van der Waals surface area contributed by atoms with Crippen LogP contribution in [0.2, 0.25) is 0 Å². The van der Waals surface area contributed by atoms with Gasteiger partial charge in [-0.15, -0.1) is 0 Å². The summed E-state index contributed by atoms with van der Waals surface area (Å²) in [5, 5.41) is 2.00. The molecule has 1 aliphatic carbocycles. The van der Waals surface area contributed by atoms with Crippen LogP contribution in [0.3, 0.4) is 0 Å². The second-order valence-electron chi connectivity index (χ2n) is 4.20. The molecule has 0 unspecified atom stereocenters. The number of hydrogen-bond donors (Lipinski definition) is 0. The zero-order chi connectivity index (χ0) is 9.03. The molecule has 1 aliphatic rings. The van der Waals surface area contributed by atoms with Crippen molar-refractivity contribution in [1.82, 2.24) is 0 Å². The van der Waals surface area contributed by atoms with Crippen LogP contribution >= 0.6 is 27.7 Å². The maximum atomic E-state index is 3.67. The van der Waals surface area contributed by atoms with Crippen molar-refractivity contribution in [2.24, 2.45) is 5.41 Å². The lowest BCUT2D eigenvalue weighted by molar-refractivity contribution is 0.405. The van der Waals surface area contributed by atoms with Crippen molar-refractivity contribution in [2.45, 2.75) is 44.8 Å². The molecule has 0 aromatic heterocycles. The summed E-state index contributed by atoms with van der Waals surface area (Å²) in [6, 6.07) is 0. The Labute approximate surface area is 89.0 Å². The molecule has 0 amide bonds. The van der Waals surface area contributed by atoms with Crippen LogP contribution < -0.4 is 0 Å². The Morgan fingerprint density at radius 2 is 1.92 bits per heavy atom. The first-order valence-electron chi connectivity index (χ1n) is 4.86. The van der Waals surface area contributed by atoms with Crippen molar-refractivity contribution in [1.29, 1.82) is 0 Å². The monoisotopic (exact) mass is 250 g/mol. The maximum absolute atomic E-state index is 3.67. The molecular weight excluding hydrogens is 232 g/mol. The van der Waals surface area contributed by atoms with Crippen LogP contribution in [0.5, 0.6) is 0 Å². The Morgan fingerprint density at radius 3 is 2.33 bits per heavy atom. The Hall–Kier alpha value is 0.830. The van der Waals surface area contributed by atoms with Crippen molar-refractivity contribution in [3.8, 4) is 0 Å². The van der Waals surface area contributed by atoms with E-state index in [0.29, 0.717) is 5.41 Å². The molecule has 0 atom stereocenters. The summed E-state index contributed by atoms with van der Waals surface area (Å²) in [4.78, 5) is 0. The van der Waals surface area contributed by atoms with Gasteiger partial charge in [-0.2, -0.15) is 11.8 Å². The van der Waals surface area contributed by atoms with E-state index in [1.807, 2.05) is 0 Å².